The third-order valence-corrected chi connectivity index (χ3v) is 4.88. The van der Waals surface area contributed by atoms with Crippen LogP contribution in [-0.4, -0.2) is 53.3 Å². The Morgan fingerprint density at radius 1 is 1.06 bits per heavy atom. The molecule has 4 rings (SSSR count). The van der Waals surface area contributed by atoms with Crippen LogP contribution >= 0.6 is 11.6 Å². The number of hydrogen-bond acceptors (Lipinski definition) is 4. The fourth-order valence-corrected chi connectivity index (χ4v) is 3.46. The van der Waals surface area contributed by atoms with Crippen LogP contribution in [0, 0.1) is 0 Å². The molecular weight excluding hydrogens is 435 g/mol. The maximum Gasteiger partial charge on any atom is 0.573 e. The van der Waals surface area contributed by atoms with Crippen molar-refractivity contribution in [3.05, 3.63) is 65.3 Å². The van der Waals surface area contributed by atoms with E-state index in [4.69, 9.17) is 16.3 Å². The Hall–Kier alpha value is -3.04. The minimum absolute atomic E-state index is 0.166. The number of hydrogen-bond donors (Lipinski definition) is 0. The summed E-state index contributed by atoms with van der Waals surface area (Å²) in [6.45, 7) is 1.75. The lowest BCUT2D eigenvalue weighted by Crippen LogP contribution is -2.40. The van der Waals surface area contributed by atoms with Gasteiger partial charge < -0.3 is 14.4 Å². The van der Waals surface area contributed by atoms with Gasteiger partial charge >= 0.3 is 6.36 Å². The number of carbonyl (C=O) groups excluding carboxylic acids is 1. The molecular formula is C21H17ClF3N3O3. The highest BCUT2D eigenvalue weighted by Gasteiger charge is 2.31. The molecule has 0 N–H and O–H groups in total. The van der Waals surface area contributed by atoms with E-state index in [0.717, 1.165) is 0 Å². The van der Waals surface area contributed by atoms with Crippen LogP contribution in [0.3, 0.4) is 0 Å². The number of nitrogens with zero attached hydrogens (tertiary/aromatic N) is 3. The Morgan fingerprint density at radius 3 is 2.52 bits per heavy atom. The number of morpholine rings is 1. The van der Waals surface area contributed by atoms with Crippen LogP contribution in [0.4, 0.5) is 13.2 Å². The van der Waals surface area contributed by atoms with Gasteiger partial charge in [-0.25, -0.2) is 4.68 Å². The average molecular weight is 452 g/mol. The van der Waals surface area contributed by atoms with Crippen molar-refractivity contribution in [1.82, 2.24) is 14.7 Å². The molecule has 0 radical (unpaired) electrons. The van der Waals surface area contributed by atoms with Gasteiger partial charge in [-0.15, -0.1) is 13.2 Å². The van der Waals surface area contributed by atoms with Crippen molar-refractivity contribution >= 4 is 17.5 Å². The van der Waals surface area contributed by atoms with Gasteiger partial charge in [0.15, 0.2) is 5.69 Å². The summed E-state index contributed by atoms with van der Waals surface area (Å²) in [4.78, 5) is 14.6. The average Bonchev–Trinajstić information content (AvgIpc) is 3.18. The zero-order chi connectivity index (χ0) is 22.0. The Morgan fingerprint density at radius 2 is 1.81 bits per heavy atom. The van der Waals surface area contributed by atoms with Gasteiger partial charge in [-0.05, 0) is 36.4 Å². The normalized spacial score (nSPS) is 14.5. The number of rotatable bonds is 4. The molecule has 0 saturated carbocycles. The summed E-state index contributed by atoms with van der Waals surface area (Å²) in [5.74, 6) is -0.655. The van der Waals surface area contributed by atoms with E-state index in [0.29, 0.717) is 48.3 Å². The van der Waals surface area contributed by atoms with Crippen LogP contribution in [0.5, 0.6) is 5.75 Å². The highest BCUT2D eigenvalue weighted by Crippen LogP contribution is 2.30. The first-order valence-corrected chi connectivity index (χ1v) is 9.77. The molecule has 2 aromatic carbocycles. The summed E-state index contributed by atoms with van der Waals surface area (Å²) in [5.41, 5.74) is 1.55. The quantitative estimate of drug-likeness (QED) is 0.583. The Balaban J connectivity index is 1.78. The molecule has 2 heterocycles. The summed E-state index contributed by atoms with van der Waals surface area (Å²) in [6, 6.07) is 13.8. The fourth-order valence-electron chi connectivity index (χ4n) is 3.28. The van der Waals surface area contributed by atoms with Crippen molar-refractivity contribution in [2.45, 2.75) is 6.36 Å². The summed E-state index contributed by atoms with van der Waals surface area (Å²) >= 11 is 6.11. The van der Waals surface area contributed by atoms with Crippen LogP contribution in [0.1, 0.15) is 10.5 Å². The van der Waals surface area contributed by atoms with Crippen molar-refractivity contribution in [3.63, 3.8) is 0 Å². The molecule has 0 atom stereocenters. The highest BCUT2D eigenvalue weighted by atomic mass is 35.5. The molecule has 1 aliphatic heterocycles. The molecule has 0 aliphatic carbocycles. The fraction of sp³-hybridized carbons (Fsp3) is 0.238. The summed E-state index contributed by atoms with van der Waals surface area (Å²) in [7, 11) is 0. The standard InChI is InChI=1S/C21H17ClF3N3O3/c22-15-4-2-5-16(12-15)28-19(14-3-1-6-17(11-14)31-21(23,24)25)13-18(26-28)20(29)27-7-9-30-10-8-27/h1-6,11-13H,7-10H2. The van der Waals surface area contributed by atoms with Crippen molar-refractivity contribution < 1.29 is 27.4 Å². The van der Waals surface area contributed by atoms with E-state index in [-0.39, 0.29) is 17.4 Å². The highest BCUT2D eigenvalue weighted by molar-refractivity contribution is 6.30. The number of halogens is 4. The first-order valence-electron chi connectivity index (χ1n) is 9.39. The van der Waals surface area contributed by atoms with Gasteiger partial charge in [0.1, 0.15) is 5.75 Å². The second-order valence-electron chi connectivity index (χ2n) is 6.79. The largest absolute Gasteiger partial charge is 0.573 e. The van der Waals surface area contributed by atoms with Crippen LogP contribution in [0.25, 0.3) is 16.9 Å². The molecule has 3 aromatic rings. The molecule has 1 fully saturated rings. The first-order chi connectivity index (χ1) is 14.8. The molecule has 1 aromatic heterocycles. The number of aromatic nitrogens is 2. The van der Waals surface area contributed by atoms with Crippen LogP contribution < -0.4 is 4.74 Å². The Kier molecular flexibility index (Phi) is 5.88. The van der Waals surface area contributed by atoms with E-state index in [9.17, 15) is 18.0 Å². The number of alkyl halides is 3. The topological polar surface area (TPSA) is 56.6 Å². The third kappa shape index (κ3) is 5.00. The van der Waals surface area contributed by atoms with Gasteiger partial charge in [0.05, 0.1) is 24.6 Å². The van der Waals surface area contributed by atoms with Gasteiger partial charge in [-0.3, -0.25) is 4.79 Å². The molecule has 1 amide bonds. The second-order valence-corrected chi connectivity index (χ2v) is 7.22. The maximum atomic E-state index is 12.9. The summed E-state index contributed by atoms with van der Waals surface area (Å²) in [6.07, 6.45) is -4.82. The minimum atomic E-state index is -4.82. The Bertz CT molecular complexity index is 1090. The Labute approximate surface area is 180 Å². The summed E-state index contributed by atoms with van der Waals surface area (Å²) in [5, 5.41) is 4.89. The van der Waals surface area contributed by atoms with Crippen molar-refractivity contribution in [1.29, 1.82) is 0 Å². The molecule has 162 valence electrons. The van der Waals surface area contributed by atoms with Crippen molar-refractivity contribution in [2.24, 2.45) is 0 Å². The lowest BCUT2D eigenvalue weighted by Gasteiger charge is -2.25. The van der Waals surface area contributed by atoms with Crippen molar-refractivity contribution in [2.75, 3.05) is 26.3 Å². The molecule has 0 bridgehead atoms. The zero-order valence-electron chi connectivity index (χ0n) is 16.1. The van der Waals surface area contributed by atoms with Gasteiger partial charge in [-0.1, -0.05) is 29.8 Å². The molecule has 0 spiro atoms. The predicted octanol–water partition coefficient (Wildman–Crippen LogP) is 4.56. The van der Waals surface area contributed by atoms with E-state index < -0.39 is 6.36 Å². The number of carbonyl (C=O) groups is 1. The summed E-state index contributed by atoms with van der Waals surface area (Å²) < 4.78 is 48.8. The lowest BCUT2D eigenvalue weighted by molar-refractivity contribution is -0.274. The first kappa shape index (κ1) is 21.2. The van der Waals surface area contributed by atoms with E-state index in [1.165, 1.54) is 22.9 Å². The molecule has 6 nitrogen and oxygen atoms in total. The number of ether oxygens (including phenoxy) is 2. The molecule has 31 heavy (non-hydrogen) atoms. The molecule has 10 heteroatoms. The predicted molar refractivity (Wildman–Crippen MR) is 107 cm³/mol. The van der Waals surface area contributed by atoms with E-state index in [1.807, 2.05) is 0 Å². The van der Waals surface area contributed by atoms with Crippen LogP contribution in [0.15, 0.2) is 54.6 Å². The van der Waals surface area contributed by atoms with Crippen LogP contribution in [0.2, 0.25) is 5.02 Å². The van der Waals surface area contributed by atoms with Gasteiger partial charge in [0.2, 0.25) is 0 Å². The van der Waals surface area contributed by atoms with E-state index >= 15 is 0 Å². The second kappa shape index (κ2) is 8.60. The minimum Gasteiger partial charge on any atom is -0.406 e. The zero-order valence-corrected chi connectivity index (χ0v) is 16.9. The van der Waals surface area contributed by atoms with Gasteiger partial charge in [0, 0.05) is 23.7 Å². The molecule has 1 saturated heterocycles. The lowest BCUT2D eigenvalue weighted by atomic mass is 10.1. The molecule has 1 aliphatic rings. The van der Waals surface area contributed by atoms with Crippen molar-refractivity contribution in [3.8, 4) is 22.7 Å². The molecule has 0 unspecified atom stereocenters. The maximum absolute atomic E-state index is 12.9. The van der Waals surface area contributed by atoms with Gasteiger partial charge in [0.25, 0.3) is 5.91 Å². The number of amides is 1. The van der Waals surface area contributed by atoms with Crippen LogP contribution in [-0.2, 0) is 4.74 Å². The SMILES string of the molecule is O=C(c1cc(-c2cccc(OC(F)(F)F)c2)n(-c2cccc(Cl)c2)n1)N1CCOCC1. The van der Waals surface area contributed by atoms with E-state index in [2.05, 4.69) is 9.84 Å². The smallest absolute Gasteiger partial charge is 0.406 e. The van der Waals surface area contributed by atoms with E-state index in [1.54, 1.807) is 41.3 Å². The monoisotopic (exact) mass is 451 g/mol. The third-order valence-electron chi connectivity index (χ3n) is 4.64. The number of benzene rings is 2. The van der Waals surface area contributed by atoms with Gasteiger partial charge in [-0.2, -0.15) is 5.10 Å².